The number of ether oxygens (including phenoxy) is 1. The van der Waals surface area contributed by atoms with Gasteiger partial charge in [-0.2, -0.15) is 0 Å². The molecule has 156 valence electrons. The van der Waals surface area contributed by atoms with Gasteiger partial charge in [-0.25, -0.2) is 0 Å². The molecule has 1 aliphatic rings. The lowest BCUT2D eigenvalue weighted by Gasteiger charge is -2.31. The van der Waals surface area contributed by atoms with E-state index in [2.05, 4.69) is 98.6 Å². The molecule has 1 heterocycles. The molecule has 0 saturated carbocycles. The second kappa shape index (κ2) is 11.3. The second-order valence-corrected chi connectivity index (χ2v) is 7.78. The van der Waals surface area contributed by atoms with E-state index in [1.807, 2.05) is 24.3 Å². The van der Waals surface area contributed by atoms with Crippen LogP contribution < -0.4 is 0 Å². The first-order valence-corrected chi connectivity index (χ1v) is 10.7. The van der Waals surface area contributed by atoms with E-state index in [4.69, 9.17) is 9.73 Å². The van der Waals surface area contributed by atoms with Gasteiger partial charge in [-0.15, -0.1) is 0 Å². The summed E-state index contributed by atoms with van der Waals surface area (Å²) in [6.45, 7) is 7.66. The Balaban J connectivity index is 1.86. The SMILES string of the molecule is C/C=C\[C@@H]1C=CC=CN1C(=N[C@H](COCc1ccccc1)C(C)C)c1ccccc1. The Labute approximate surface area is 181 Å². The summed E-state index contributed by atoms with van der Waals surface area (Å²) in [6.07, 6.45) is 12.7. The van der Waals surface area contributed by atoms with Gasteiger partial charge in [0.2, 0.25) is 0 Å². The summed E-state index contributed by atoms with van der Waals surface area (Å²) < 4.78 is 6.07. The Kier molecular flexibility index (Phi) is 8.22. The highest BCUT2D eigenvalue weighted by Gasteiger charge is 2.22. The van der Waals surface area contributed by atoms with Gasteiger partial charge in [0.25, 0.3) is 0 Å². The van der Waals surface area contributed by atoms with E-state index in [0.717, 1.165) is 11.4 Å². The third-order valence-electron chi connectivity index (χ3n) is 5.11. The molecular formula is C27H32N2O. The van der Waals surface area contributed by atoms with Gasteiger partial charge in [0.05, 0.1) is 25.3 Å². The number of hydrogen-bond donors (Lipinski definition) is 0. The third-order valence-corrected chi connectivity index (χ3v) is 5.11. The molecule has 0 fully saturated rings. The van der Waals surface area contributed by atoms with Crippen molar-refractivity contribution in [3.05, 3.63) is 108 Å². The van der Waals surface area contributed by atoms with Gasteiger partial charge >= 0.3 is 0 Å². The summed E-state index contributed by atoms with van der Waals surface area (Å²) in [7, 11) is 0. The Hall–Kier alpha value is -2.91. The highest BCUT2D eigenvalue weighted by atomic mass is 16.5. The predicted octanol–water partition coefficient (Wildman–Crippen LogP) is 6.00. The van der Waals surface area contributed by atoms with Crippen molar-refractivity contribution in [2.75, 3.05) is 6.61 Å². The van der Waals surface area contributed by atoms with Crippen LogP contribution in [0.4, 0.5) is 0 Å². The summed E-state index contributed by atoms with van der Waals surface area (Å²) in [5.74, 6) is 1.34. The number of hydrogen-bond acceptors (Lipinski definition) is 2. The first-order valence-electron chi connectivity index (χ1n) is 10.7. The van der Waals surface area contributed by atoms with Gasteiger partial charge in [0, 0.05) is 11.8 Å². The molecule has 1 aliphatic heterocycles. The van der Waals surface area contributed by atoms with E-state index in [9.17, 15) is 0 Å². The maximum Gasteiger partial charge on any atom is 0.136 e. The van der Waals surface area contributed by atoms with Crippen molar-refractivity contribution in [1.82, 2.24) is 4.90 Å². The zero-order valence-corrected chi connectivity index (χ0v) is 18.2. The van der Waals surface area contributed by atoms with Gasteiger partial charge in [-0.05, 0) is 24.5 Å². The van der Waals surface area contributed by atoms with Crippen LogP contribution >= 0.6 is 0 Å². The normalized spacial score (nSPS) is 17.8. The first-order chi connectivity index (χ1) is 14.7. The van der Waals surface area contributed by atoms with Crippen LogP contribution in [-0.2, 0) is 11.3 Å². The summed E-state index contributed by atoms with van der Waals surface area (Å²) in [6, 6.07) is 20.9. The van der Waals surface area contributed by atoms with Crippen molar-refractivity contribution in [2.45, 2.75) is 39.5 Å². The number of allylic oxidation sites excluding steroid dienone is 3. The summed E-state index contributed by atoms with van der Waals surface area (Å²) in [4.78, 5) is 7.47. The number of rotatable bonds is 8. The molecule has 0 aliphatic carbocycles. The lowest BCUT2D eigenvalue weighted by Crippen LogP contribution is -2.37. The average Bonchev–Trinajstić information content (AvgIpc) is 2.78. The van der Waals surface area contributed by atoms with Crippen molar-refractivity contribution in [1.29, 1.82) is 0 Å². The molecular weight excluding hydrogens is 368 g/mol. The molecule has 0 spiro atoms. The van der Waals surface area contributed by atoms with Crippen LogP contribution in [0.25, 0.3) is 0 Å². The minimum atomic E-state index is 0.0643. The molecule has 0 N–H and O–H groups in total. The maximum atomic E-state index is 6.07. The molecule has 0 amide bonds. The molecule has 3 rings (SSSR count). The monoisotopic (exact) mass is 400 g/mol. The van der Waals surface area contributed by atoms with Crippen molar-refractivity contribution in [2.24, 2.45) is 10.9 Å². The molecule has 0 bridgehead atoms. The molecule has 3 heteroatoms. The van der Waals surface area contributed by atoms with Crippen LogP contribution in [0.1, 0.15) is 31.9 Å². The van der Waals surface area contributed by atoms with Crippen LogP contribution in [0.5, 0.6) is 0 Å². The number of benzene rings is 2. The first kappa shape index (κ1) is 21.8. The van der Waals surface area contributed by atoms with E-state index >= 15 is 0 Å². The Morgan fingerprint density at radius 1 is 1.03 bits per heavy atom. The number of nitrogens with zero attached hydrogens (tertiary/aromatic N) is 2. The van der Waals surface area contributed by atoms with Crippen molar-refractivity contribution in [3.8, 4) is 0 Å². The summed E-state index contributed by atoms with van der Waals surface area (Å²) in [5.41, 5.74) is 2.30. The van der Waals surface area contributed by atoms with Gasteiger partial charge in [-0.1, -0.05) is 98.8 Å². The highest BCUT2D eigenvalue weighted by Crippen LogP contribution is 2.19. The summed E-state index contributed by atoms with van der Waals surface area (Å²) in [5, 5.41) is 0. The van der Waals surface area contributed by atoms with Crippen LogP contribution in [0.15, 0.2) is 102 Å². The fourth-order valence-corrected chi connectivity index (χ4v) is 3.36. The zero-order chi connectivity index (χ0) is 21.2. The fourth-order valence-electron chi connectivity index (χ4n) is 3.36. The zero-order valence-electron chi connectivity index (χ0n) is 18.2. The van der Waals surface area contributed by atoms with Crippen LogP contribution in [0.2, 0.25) is 0 Å². The van der Waals surface area contributed by atoms with Crippen molar-refractivity contribution < 1.29 is 4.74 Å². The maximum absolute atomic E-state index is 6.07. The second-order valence-electron chi connectivity index (χ2n) is 7.78. The van der Waals surface area contributed by atoms with Gasteiger partial charge in [0.15, 0.2) is 0 Å². The van der Waals surface area contributed by atoms with Crippen LogP contribution in [0, 0.1) is 5.92 Å². The molecule has 2 aromatic rings. The lowest BCUT2D eigenvalue weighted by atomic mass is 10.0. The van der Waals surface area contributed by atoms with E-state index in [1.165, 1.54) is 5.56 Å². The lowest BCUT2D eigenvalue weighted by molar-refractivity contribution is 0.0976. The van der Waals surface area contributed by atoms with E-state index in [1.54, 1.807) is 0 Å². The van der Waals surface area contributed by atoms with Crippen molar-refractivity contribution in [3.63, 3.8) is 0 Å². The minimum Gasteiger partial charge on any atom is -0.375 e. The molecule has 2 aromatic carbocycles. The van der Waals surface area contributed by atoms with Crippen molar-refractivity contribution >= 4 is 5.84 Å². The quantitative estimate of drug-likeness (QED) is 0.308. The topological polar surface area (TPSA) is 24.8 Å². The Morgan fingerprint density at radius 3 is 2.40 bits per heavy atom. The van der Waals surface area contributed by atoms with Crippen LogP contribution in [0.3, 0.4) is 0 Å². The van der Waals surface area contributed by atoms with E-state index < -0.39 is 0 Å². The average molecular weight is 401 g/mol. The smallest absolute Gasteiger partial charge is 0.136 e. The molecule has 30 heavy (non-hydrogen) atoms. The standard InChI is InChI=1S/C27H32N2O/c1-4-13-25-18-11-12-19-29(25)27(24-16-9-6-10-17-24)28-26(22(2)3)21-30-20-23-14-7-5-8-15-23/h4-19,22,25-26H,20-21H2,1-3H3/b13-4-,28-27?/t25-,26-/m1/s1. The molecule has 0 aromatic heterocycles. The third kappa shape index (κ3) is 6.04. The van der Waals surface area contributed by atoms with Crippen LogP contribution in [-0.4, -0.2) is 29.4 Å². The Morgan fingerprint density at radius 2 is 1.73 bits per heavy atom. The van der Waals surface area contributed by atoms with E-state index in [0.29, 0.717) is 19.1 Å². The fraction of sp³-hybridized carbons (Fsp3) is 0.296. The molecule has 3 nitrogen and oxygen atoms in total. The van der Waals surface area contributed by atoms with Gasteiger partial charge < -0.3 is 9.64 Å². The van der Waals surface area contributed by atoms with Gasteiger partial charge in [0.1, 0.15) is 5.84 Å². The molecule has 0 radical (unpaired) electrons. The minimum absolute atomic E-state index is 0.0643. The molecule has 0 unspecified atom stereocenters. The summed E-state index contributed by atoms with van der Waals surface area (Å²) >= 11 is 0. The predicted molar refractivity (Wildman–Crippen MR) is 126 cm³/mol. The highest BCUT2D eigenvalue weighted by molar-refractivity contribution is 6.00. The number of amidine groups is 1. The molecule has 2 atom stereocenters. The number of aliphatic imine (C=N–C) groups is 1. The Bertz CT molecular complexity index is 882. The van der Waals surface area contributed by atoms with Gasteiger partial charge in [-0.3, -0.25) is 4.99 Å². The largest absolute Gasteiger partial charge is 0.375 e. The van der Waals surface area contributed by atoms with E-state index in [-0.39, 0.29) is 12.1 Å². The molecule has 0 saturated heterocycles.